The second-order valence-electron chi connectivity index (χ2n) is 3.28. The summed E-state index contributed by atoms with van der Waals surface area (Å²) < 4.78 is 23.4. The van der Waals surface area contributed by atoms with E-state index < -0.39 is 9.84 Å². The largest absolute Gasteiger partial charge is 0.224 e. The lowest BCUT2D eigenvalue weighted by atomic mass is 10.4. The standard InChI is InChI=1S/C10H8ClNO2S3/c1-17(13,14)8-4-2-7(3-5-8)16-10-12-9(11)6-15-10/h2-6H,1H3. The van der Waals surface area contributed by atoms with Crippen molar-refractivity contribution < 1.29 is 8.42 Å². The van der Waals surface area contributed by atoms with Crippen LogP contribution in [0.15, 0.2) is 43.8 Å². The van der Waals surface area contributed by atoms with Gasteiger partial charge in [-0.2, -0.15) is 0 Å². The Labute approximate surface area is 113 Å². The third kappa shape index (κ3) is 3.45. The third-order valence-corrected chi connectivity index (χ3v) is 5.31. The molecule has 0 bridgehead atoms. The second kappa shape index (κ2) is 4.97. The summed E-state index contributed by atoms with van der Waals surface area (Å²) in [7, 11) is -3.13. The van der Waals surface area contributed by atoms with Crippen LogP contribution in [0.1, 0.15) is 0 Å². The molecular weight excluding hydrogens is 298 g/mol. The van der Waals surface area contributed by atoms with Gasteiger partial charge >= 0.3 is 0 Å². The fourth-order valence-corrected chi connectivity index (χ4v) is 3.74. The fraction of sp³-hybridized carbons (Fsp3) is 0.100. The molecule has 0 saturated heterocycles. The quantitative estimate of drug-likeness (QED) is 0.872. The molecule has 1 aromatic carbocycles. The van der Waals surface area contributed by atoms with Crippen LogP contribution in [-0.4, -0.2) is 19.7 Å². The Balaban J connectivity index is 2.19. The molecule has 0 atom stereocenters. The van der Waals surface area contributed by atoms with Crippen LogP contribution in [0.5, 0.6) is 0 Å². The van der Waals surface area contributed by atoms with Gasteiger partial charge in [-0.15, -0.1) is 11.3 Å². The summed E-state index contributed by atoms with van der Waals surface area (Å²) in [5.74, 6) is 0. The molecule has 0 aliphatic carbocycles. The van der Waals surface area contributed by atoms with Gasteiger partial charge in [0.25, 0.3) is 0 Å². The zero-order valence-corrected chi connectivity index (χ0v) is 12.0. The molecule has 0 amide bonds. The van der Waals surface area contributed by atoms with Crippen LogP contribution in [0.2, 0.25) is 5.15 Å². The highest BCUT2D eigenvalue weighted by Gasteiger charge is 2.07. The molecule has 0 aliphatic rings. The predicted octanol–water partition coefficient (Wildman–Crippen LogP) is 3.35. The fourth-order valence-electron chi connectivity index (χ4n) is 1.14. The summed E-state index contributed by atoms with van der Waals surface area (Å²) in [5.41, 5.74) is 0. The van der Waals surface area contributed by atoms with Crippen molar-refractivity contribution in [1.29, 1.82) is 0 Å². The lowest BCUT2D eigenvalue weighted by Crippen LogP contribution is -1.95. The molecule has 0 aliphatic heterocycles. The topological polar surface area (TPSA) is 47.0 Å². The molecule has 2 aromatic rings. The van der Waals surface area contributed by atoms with Crippen LogP contribution in [0.3, 0.4) is 0 Å². The van der Waals surface area contributed by atoms with Crippen molar-refractivity contribution in [3.8, 4) is 0 Å². The smallest absolute Gasteiger partial charge is 0.175 e. The van der Waals surface area contributed by atoms with Gasteiger partial charge in [-0.25, -0.2) is 13.4 Å². The number of rotatable bonds is 3. The zero-order valence-electron chi connectivity index (χ0n) is 8.75. The van der Waals surface area contributed by atoms with Gasteiger partial charge in [0.2, 0.25) is 0 Å². The highest BCUT2D eigenvalue weighted by molar-refractivity contribution is 8.01. The van der Waals surface area contributed by atoms with E-state index in [1.807, 2.05) is 0 Å². The minimum atomic E-state index is -3.13. The van der Waals surface area contributed by atoms with Gasteiger partial charge in [-0.05, 0) is 24.3 Å². The molecule has 1 aromatic heterocycles. The van der Waals surface area contributed by atoms with Crippen LogP contribution in [0.4, 0.5) is 0 Å². The Bertz CT molecular complexity index is 619. The lowest BCUT2D eigenvalue weighted by molar-refractivity contribution is 0.602. The number of hydrogen-bond donors (Lipinski definition) is 0. The zero-order chi connectivity index (χ0) is 12.5. The molecule has 3 nitrogen and oxygen atoms in total. The normalized spacial score (nSPS) is 11.6. The Morgan fingerprint density at radius 1 is 1.29 bits per heavy atom. The third-order valence-electron chi connectivity index (χ3n) is 1.91. The van der Waals surface area contributed by atoms with Crippen LogP contribution in [0, 0.1) is 0 Å². The number of aromatic nitrogens is 1. The van der Waals surface area contributed by atoms with Crippen LogP contribution >= 0.6 is 34.7 Å². The van der Waals surface area contributed by atoms with E-state index in [0.29, 0.717) is 10.0 Å². The molecule has 0 spiro atoms. The van der Waals surface area contributed by atoms with Gasteiger partial charge in [0.1, 0.15) is 5.15 Å². The molecule has 0 fully saturated rings. The van der Waals surface area contributed by atoms with E-state index in [9.17, 15) is 8.42 Å². The summed E-state index contributed by atoms with van der Waals surface area (Å²) in [5, 5.41) is 2.24. The van der Waals surface area contributed by atoms with E-state index in [2.05, 4.69) is 4.98 Å². The Morgan fingerprint density at radius 3 is 2.41 bits per heavy atom. The van der Waals surface area contributed by atoms with Gasteiger partial charge in [0.05, 0.1) is 4.90 Å². The summed E-state index contributed by atoms with van der Waals surface area (Å²) in [6.45, 7) is 0. The minimum Gasteiger partial charge on any atom is -0.224 e. The number of sulfone groups is 1. The minimum absolute atomic E-state index is 0.319. The van der Waals surface area contributed by atoms with Crippen LogP contribution in [0.25, 0.3) is 0 Å². The lowest BCUT2D eigenvalue weighted by Gasteiger charge is -2.00. The van der Waals surface area contributed by atoms with E-state index in [1.165, 1.54) is 29.4 Å². The molecule has 90 valence electrons. The summed E-state index contributed by atoms with van der Waals surface area (Å²) >= 11 is 8.63. The highest BCUT2D eigenvalue weighted by Crippen LogP contribution is 2.31. The van der Waals surface area contributed by atoms with Crippen molar-refractivity contribution in [2.45, 2.75) is 14.1 Å². The summed E-state index contributed by atoms with van der Waals surface area (Å²) in [4.78, 5) is 5.36. The van der Waals surface area contributed by atoms with Crippen molar-refractivity contribution in [3.05, 3.63) is 34.8 Å². The van der Waals surface area contributed by atoms with E-state index in [1.54, 1.807) is 29.6 Å². The highest BCUT2D eigenvalue weighted by atomic mass is 35.5. The van der Waals surface area contributed by atoms with Gasteiger partial charge in [0, 0.05) is 16.5 Å². The molecule has 0 radical (unpaired) electrons. The Kier molecular flexibility index (Phi) is 3.77. The molecule has 0 N–H and O–H groups in total. The van der Waals surface area contributed by atoms with Crippen molar-refractivity contribution >= 4 is 44.5 Å². The van der Waals surface area contributed by atoms with E-state index in [0.717, 1.165) is 9.24 Å². The van der Waals surface area contributed by atoms with Gasteiger partial charge in [-0.1, -0.05) is 23.4 Å². The second-order valence-corrected chi connectivity index (χ2v) is 7.86. The number of thiazole rings is 1. The first-order chi connectivity index (χ1) is 7.95. The Morgan fingerprint density at radius 2 is 1.94 bits per heavy atom. The SMILES string of the molecule is CS(=O)(=O)c1ccc(Sc2nc(Cl)cs2)cc1. The average Bonchev–Trinajstić information content (AvgIpc) is 2.63. The maximum absolute atomic E-state index is 11.3. The van der Waals surface area contributed by atoms with Gasteiger partial charge in [-0.3, -0.25) is 0 Å². The summed E-state index contributed by atoms with van der Waals surface area (Å²) in [6, 6.07) is 6.70. The maximum atomic E-state index is 11.3. The van der Waals surface area contributed by atoms with Crippen LogP contribution < -0.4 is 0 Å². The van der Waals surface area contributed by atoms with Crippen molar-refractivity contribution in [1.82, 2.24) is 4.98 Å². The van der Waals surface area contributed by atoms with Gasteiger partial charge in [0.15, 0.2) is 14.2 Å². The van der Waals surface area contributed by atoms with Gasteiger partial charge < -0.3 is 0 Å². The first-order valence-corrected chi connectivity index (χ1v) is 8.51. The van der Waals surface area contributed by atoms with E-state index >= 15 is 0 Å². The maximum Gasteiger partial charge on any atom is 0.175 e. The predicted molar refractivity (Wildman–Crippen MR) is 70.8 cm³/mol. The molecule has 0 saturated carbocycles. The molecular formula is C10H8ClNO2S3. The number of halogens is 1. The van der Waals surface area contributed by atoms with Crippen LogP contribution in [-0.2, 0) is 9.84 Å². The van der Waals surface area contributed by atoms with Crippen molar-refractivity contribution in [2.75, 3.05) is 6.26 Å². The summed E-state index contributed by atoms with van der Waals surface area (Å²) in [6.07, 6.45) is 1.19. The molecule has 1 heterocycles. The van der Waals surface area contributed by atoms with E-state index in [4.69, 9.17) is 11.6 Å². The molecule has 17 heavy (non-hydrogen) atoms. The van der Waals surface area contributed by atoms with Crippen molar-refractivity contribution in [2.24, 2.45) is 0 Å². The molecule has 2 rings (SSSR count). The molecule has 7 heteroatoms. The number of nitrogens with zero attached hydrogens (tertiary/aromatic N) is 1. The first kappa shape index (κ1) is 12.9. The monoisotopic (exact) mass is 305 g/mol. The molecule has 0 unspecified atom stereocenters. The van der Waals surface area contributed by atoms with Crippen molar-refractivity contribution in [3.63, 3.8) is 0 Å². The van der Waals surface area contributed by atoms with E-state index in [-0.39, 0.29) is 0 Å². The Hall–Kier alpha value is -0.560. The number of benzene rings is 1. The average molecular weight is 306 g/mol. The number of hydrogen-bond acceptors (Lipinski definition) is 5. The first-order valence-electron chi connectivity index (χ1n) is 4.54.